The Morgan fingerprint density at radius 1 is 1.50 bits per heavy atom. The van der Waals surface area contributed by atoms with Gasteiger partial charge in [0.2, 0.25) is 0 Å². The van der Waals surface area contributed by atoms with Crippen molar-refractivity contribution in [3.05, 3.63) is 46.5 Å². The minimum Gasteiger partial charge on any atom is -0.497 e. The second kappa shape index (κ2) is 6.24. The number of nitrogens with zero attached hydrogens (tertiary/aromatic N) is 2. The van der Waals surface area contributed by atoms with Crippen molar-refractivity contribution < 1.29 is 9.13 Å². The summed E-state index contributed by atoms with van der Waals surface area (Å²) in [7, 11) is 3.29. The van der Waals surface area contributed by atoms with Crippen molar-refractivity contribution in [2.24, 2.45) is 7.05 Å². The molecule has 0 aliphatic heterocycles. The Morgan fingerprint density at radius 3 is 2.75 bits per heavy atom. The number of nitrogens with one attached hydrogen (secondary N) is 1. The molecule has 0 aliphatic carbocycles. The predicted octanol–water partition coefficient (Wildman–Crippen LogP) is 2.92. The van der Waals surface area contributed by atoms with Crippen LogP contribution < -0.4 is 10.1 Å². The second-order valence-corrected chi connectivity index (χ2v) is 4.79. The van der Waals surface area contributed by atoms with Gasteiger partial charge in [0.05, 0.1) is 30.1 Å². The number of methoxy groups -OCH3 is 1. The van der Waals surface area contributed by atoms with Crippen LogP contribution in [0.25, 0.3) is 0 Å². The molecule has 1 unspecified atom stereocenters. The molecule has 1 N–H and O–H groups in total. The Hall–Kier alpha value is -1.59. The third kappa shape index (κ3) is 2.78. The van der Waals surface area contributed by atoms with Crippen LogP contribution in [0, 0.1) is 5.82 Å². The fourth-order valence-corrected chi connectivity index (χ4v) is 2.45. The molecule has 1 heterocycles. The normalized spacial score (nSPS) is 12.4. The number of hydrogen-bond acceptors (Lipinski definition) is 3. The topological polar surface area (TPSA) is 39.1 Å². The highest BCUT2D eigenvalue weighted by atomic mass is 35.5. The zero-order valence-electron chi connectivity index (χ0n) is 11.7. The van der Waals surface area contributed by atoms with Crippen molar-refractivity contribution in [3.8, 4) is 5.75 Å². The van der Waals surface area contributed by atoms with Crippen molar-refractivity contribution in [2.75, 3.05) is 13.7 Å². The summed E-state index contributed by atoms with van der Waals surface area (Å²) in [5.41, 5.74) is 1.25. The number of aromatic nitrogens is 2. The molecular weight excluding hydrogens is 281 g/mol. The maximum Gasteiger partial charge on any atom is 0.132 e. The largest absolute Gasteiger partial charge is 0.497 e. The molecule has 0 spiro atoms. The molecule has 0 saturated heterocycles. The van der Waals surface area contributed by atoms with E-state index in [2.05, 4.69) is 10.4 Å². The standard InChI is InChI=1S/C14H17ClFN3O/c1-4-17-13(14-11(15)8-18-19(14)2)10-6-5-9(20-3)7-12(10)16/h5-8,13,17H,4H2,1-3H3. The van der Waals surface area contributed by atoms with Crippen molar-refractivity contribution in [2.45, 2.75) is 13.0 Å². The first kappa shape index (κ1) is 14.8. The fraction of sp³-hybridized carbons (Fsp3) is 0.357. The van der Waals surface area contributed by atoms with Crippen LogP contribution >= 0.6 is 11.6 Å². The van der Waals surface area contributed by atoms with E-state index in [4.69, 9.17) is 16.3 Å². The number of aryl methyl sites for hydroxylation is 1. The summed E-state index contributed by atoms with van der Waals surface area (Å²) in [5, 5.41) is 7.85. The summed E-state index contributed by atoms with van der Waals surface area (Å²) in [6, 6.07) is 4.44. The van der Waals surface area contributed by atoms with Gasteiger partial charge in [-0.05, 0) is 12.6 Å². The van der Waals surface area contributed by atoms with Gasteiger partial charge in [0, 0.05) is 18.7 Å². The second-order valence-electron chi connectivity index (χ2n) is 4.38. The molecule has 2 rings (SSSR count). The van der Waals surface area contributed by atoms with Crippen LogP contribution in [0.2, 0.25) is 5.02 Å². The van der Waals surface area contributed by atoms with E-state index in [1.807, 2.05) is 6.92 Å². The highest BCUT2D eigenvalue weighted by Crippen LogP contribution is 2.30. The van der Waals surface area contributed by atoms with Crippen LogP contribution in [-0.2, 0) is 7.05 Å². The molecule has 0 aliphatic rings. The molecule has 0 fully saturated rings. The molecule has 4 nitrogen and oxygen atoms in total. The van der Waals surface area contributed by atoms with Crippen LogP contribution in [0.5, 0.6) is 5.75 Å². The van der Waals surface area contributed by atoms with Crippen LogP contribution in [0.15, 0.2) is 24.4 Å². The first-order chi connectivity index (χ1) is 9.58. The monoisotopic (exact) mass is 297 g/mol. The molecule has 1 aromatic carbocycles. The summed E-state index contributed by atoms with van der Waals surface area (Å²) in [6.07, 6.45) is 1.56. The zero-order chi connectivity index (χ0) is 14.7. The van der Waals surface area contributed by atoms with Gasteiger partial charge in [0.1, 0.15) is 11.6 Å². The third-order valence-electron chi connectivity index (χ3n) is 3.14. The molecule has 0 radical (unpaired) electrons. The highest BCUT2D eigenvalue weighted by Gasteiger charge is 2.23. The summed E-state index contributed by atoms with van der Waals surface area (Å²) in [6.45, 7) is 2.64. The molecule has 1 atom stereocenters. The first-order valence-corrected chi connectivity index (χ1v) is 6.70. The van der Waals surface area contributed by atoms with Gasteiger partial charge in [-0.2, -0.15) is 5.10 Å². The van der Waals surface area contributed by atoms with E-state index in [9.17, 15) is 4.39 Å². The van der Waals surface area contributed by atoms with Crippen LogP contribution in [0.4, 0.5) is 4.39 Å². The summed E-state index contributed by atoms with van der Waals surface area (Å²) in [5.74, 6) is 0.144. The lowest BCUT2D eigenvalue weighted by Gasteiger charge is -2.20. The number of hydrogen-bond donors (Lipinski definition) is 1. The number of ether oxygens (including phenoxy) is 1. The average molecular weight is 298 g/mol. The smallest absolute Gasteiger partial charge is 0.132 e. The van der Waals surface area contributed by atoms with Crippen molar-refractivity contribution in [1.82, 2.24) is 15.1 Å². The average Bonchev–Trinajstić information content (AvgIpc) is 2.76. The Bertz CT molecular complexity index is 581. The third-order valence-corrected chi connectivity index (χ3v) is 3.43. The van der Waals surface area contributed by atoms with E-state index in [1.54, 1.807) is 30.1 Å². The highest BCUT2D eigenvalue weighted by molar-refractivity contribution is 6.31. The van der Waals surface area contributed by atoms with Crippen LogP contribution in [0.1, 0.15) is 24.2 Å². The van der Waals surface area contributed by atoms with E-state index < -0.39 is 0 Å². The van der Waals surface area contributed by atoms with Crippen molar-refractivity contribution in [1.29, 1.82) is 0 Å². The van der Waals surface area contributed by atoms with Gasteiger partial charge in [-0.15, -0.1) is 0 Å². The molecule has 6 heteroatoms. The Kier molecular flexibility index (Phi) is 4.62. The van der Waals surface area contributed by atoms with Gasteiger partial charge in [0.15, 0.2) is 0 Å². The number of rotatable bonds is 5. The lowest BCUT2D eigenvalue weighted by molar-refractivity contribution is 0.409. The fourth-order valence-electron chi connectivity index (χ4n) is 2.17. The summed E-state index contributed by atoms with van der Waals surface area (Å²) >= 11 is 6.17. The van der Waals surface area contributed by atoms with Crippen molar-refractivity contribution >= 4 is 11.6 Å². The number of benzene rings is 1. The molecule has 0 amide bonds. The van der Waals surface area contributed by atoms with E-state index in [0.29, 0.717) is 22.9 Å². The molecule has 2 aromatic rings. The van der Waals surface area contributed by atoms with Gasteiger partial charge in [0.25, 0.3) is 0 Å². The lowest BCUT2D eigenvalue weighted by atomic mass is 10.0. The van der Waals surface area contributed by atoms with Crippen molar-refractivity contribution in [3.63, 3.8) is 0 Å². The molecule has 1 aromatic heterocycles. The first-order valence-electron chi connectivity index (χ1n) is 6.32. The predicted molar refractivity (Wildman–Crippen MR) is 76.7 cm³/mol. The Morgan fingerprint density at radius 2 is 2.25 bits per heavy atom. The van der Waals surface area contributed by atoms with Gasteiger partial charge >= 0.3 is 0 Å². The van der Waals surface area contributed by atoms with Crippen LogP contribution in [-0.4, -0.2) is 23.4 Å². The minimum absolute atomic E-state index is 0.340. The van der Waals surface area contributed by atoms with Crippen LogP contribution in [0.3, 0.4) is 0 Å². The maximum absolute atomic E-state index is 14.3. The maximum atomic E-state index is 14.3. The zero-order valence-corrected chi connectivity index (χ0v) is 12.4. The minimum atomic E-state index is -0.356. The molecular formula is C14H17ClFN3O. The molecule has 0 bridgehead atoms. The summed E-state index contributed by atoms with van der Waals surface area (Å²) < 4.78 is 20.9. The SMILES string of the molecule is CCNC(c1ccc(OC)cc1F)c1c(Cl)cnn1C. The van der Waals surface area contributed by atoms with E-state index >= 15 is 0 Å². The number of halogens is 2. The van der Waals surface area contributed by atoms with E-state index in [0.717, 1.165) is 5.69 Å². The quantitative estimate of drug-likeness (QED) is 0.922. The van der Waals surface area contributed by atoms with Gasteiger partial charge < -0.3 is 10.1 Å². The van der Waals surface area contributed by atoms with Gasteiger partial charge in [-0.3, -0.25) is 4.68 Å². The van der Waals surface area contributed by atoms with Gasteiger partial charge in [-0.1, -0.05) is 24.6 Å². The molecule has 0 saturated carbocycles. The molecule has 108 valence electrons. The Labute approximate surface area is 122 Å². The Balaban J connectivity index is 2.49. The van der Waals surface area contributed by atoms with Gasteiger partial charge in [-0.25, -0.2) is 4.39 Å². The van der Waals surface area contributed by atoms with E-state index in [-0.39, 0.29) is 11.9 Å². The molecule has 20 heavy (non-hydrogen) atoms. The lowest BCUT2D eigenvalue weighted by Crippen LogP contribution is -2.25. The summed E-state index contributed by atoms with van der Waals surface area (Å²) in [4.78, 5) is 0. The van der Waals surface area contributed by atoms with E-state index in [1.165, 1.54) is 13.2 Å².